The van der Waals surface area contributed by atoms with Crippen molar-refractivity contribution in [2.75, 3.05) is 7.11 Å². The molecule has 158 valence electrons. The van der Waals surface area contributed by atoms with Crippen LogP contribution in [-0.4, -0.2) is 28.8 Å². The lowest BCUT2D eigenvalue weighted by molar-refractivity contribution is -0.140. The maximum atomic E-state index is 14.0. The zero-order valence-electron chi connectivity index (χ0n) is 17.0. The third kappa shape index (κ3) is 3.84. The molecule has 2 heterocycles. The van der Waals surface area contributed by atoms with Crippen LogP contribution in [0.15, 0.2) is 65.6 Å². The van der Waals surface area contributed by atoms with E-state index < -0.39 is 29.3 Å². The number of aliphatic hydroxyl groups excluding tert-OH is 1. The van der Waals surface area contributed by atoms with E-state index in [1.165, 1.54) is 35.5 Å². The Morgan fingerprint density at radius 2 is 1.97 bits per heavy atom. The molecular weight excluding hydrogens is 417 g/mol. The van der Waals surface area contributed by atoms with Crippen molar-refractivity contribution in [3.05, 3.63) is 92.9 Å². The molecule has 1 atom stereocenters. The number of aryl methyl sites for hydroxylation is 1. The summed E-state index contributed by atoms with van der Waals surface area (Å²) >= 11 is 1.47. The molecule has 1 aromatic heterocycles. The predicted octanol–water partition coefficient (Wildman–Crippen LogP) is 4.83. The van der Waals surface area contributed by atoms with Gasteiger partial charge in [0, 0.05) is 4.88 Å². The van der Waals surface area contributed by atoms with Gasteiger partial charge in [0.25, 0.3) is 11.7 Å². The lowest BCUT2D eigenvalue weighted by Gasteiger charge is -2.25. The van der Waals surface area contributed by atoms with Crippen LogP contribution in [-0.2, 0) is 16.1 Å². The monoisotopic (exact) mass is 437 g/mol. The number of nitrogens with zero attached hydrogens (tertiary/aromatic N) is 1. The van der Waals surface area contributed by atoms with Gasteiger partial charge in [-0.25, -0.2) is 4.39 Å². The number of hydrogen-bond donors (Lipinski definition) is 1. The maximum Gasteiger partial charge on any atom is 0.295 e. The Hall–Kier alpha value is -3.45. The van der Waals surface area contributed by atoms with Crippen molar-refractivity contribution in [3.8, 4) is 5.75 Å². The lowest BCUT2D eigenvalue weighted by Crippen LogP contribution is -2.28. The number of methoxy groups -OCH3 is 1. The molecule has 1 saturated heterocycles. The fourth-order valence-corrected chi connectivity index (χ4v) is 4.51. The molecule has 0 spiro atoms. The number of likely N-dealkylation sites (tertiary alicyclic amines) is 1. The van der Waals surface area contributed by atoms with Crippen LogP contribution >= 0.6 is 11.3 Å². The first-order valence-corrected chi connectivity index (χ1v) is 10.5. The molecule has 0 saturated carbocycles. The van der Waals surface area contributed by atoms with E-state index >= 15 is 0 Å². The van der Waals surface area contributed by atoms with Crippen LogP contribution in [0.1, 0.15) is 27.6 Å². The van der Waals surface area contributed by atoms with Gasteiger partial charge in [-0.1, -0.05) is 35.9 Å². The molecule has 0 aliphatic carbocycles. The highest BCUT2D eigenvalue weighted by Crippen LogP contribution is 2.42. The highest BCUT2D eigenvalue weighted by atomic mass is 32.1. The van der Waals surface area contributed by atoms with Crippen molar-refractivity contribution in [1.82, 2.24) is 4.90 Å². The summed E-state index contributed by atoms with van der Waals surface area (Å²) in [7, 11) is 1.39. The molecule has 1 aliphatic heterocycles. The molecule has 0 radical (unpaired) electrons. The SMILES string of the molecule is COc1ccc(F)cc1/C(O)=C1\C(=O)C(=O)N(Cc2cccs2)C1c1cccc(C)c1. The van der Waals surface area contributed by atoms with Gasteiger partial charge in [0.05, 0.1) is 30.8 Å². The molecular formula is C24H20FNO4S. The summed E-state index contributed by atoms with van der Waals surface area (Å²) in [6.07, 6.45) is 0. The second-order valence-electron chi connectivity index (χ2n) is 7.27. The topological polar surface area (TPSA) is 66.8 Å². The molecule has 1 aliphatic rings. The molecule has 1 amide bonds. The van der Waals surface area contributed by atoms with Crippen molar-refractivity contribution in [2.24, 2.45) is 0 Å². The Labute approximate surface area is 183 Å². The van der Waals surface area contributed by atoms with Crippen molar-refractivity contribution in [3.63, 3.8) is 0 Å². The minimum atomic E-state index is -0.813. The number of hydrogen-bond acceptors (Lipinski definition) is 5. The van der Waals surface area contributed by atoms with E-state index in [0.717, 1.165) is 16.5 Å². The zero-order valence-corrected chi connectivity index (χ0v) is 17.8. The number of ether oxygens (including phenoxy) is 1. The zero-order chi connectivity index (χ0) is 22.1. The maximum absolute atomic E-state index is 14.0. The number of benzene rings is 2. The van der Waals surface area contributed by atoms with Crippen LogP contribution in [0.3, 0.4) is 0 Å². The summed E-state index contributed by atoms with van der Waals surface area (Å²) in [5.74, 6) is -2.38. The smallest absolute Gasteiger partial charge is 0.295 e. The number of ketones is 1. The van der Waals surface area contributed by atoms with Crippen molar-refractivity contribution >= 4 is 28.8 Å². The van der Waals surface area contributed by atoms with Gasteiger partial charge in [-0.05, 0) is 42.1 Å². The van der Waals surface area contributed by atoms with Crippen LogP contribution in [0, 0.1) is 12.7 Å². The number of carbonyl (C=O) groups is 2. The fraction of sp³-hybridized carbons (Fsp3) is 0.167. The number of rotatable bonds is 5. The molecule has 31 heavy (non-hydrogen) atoms. The molecule has 1 fully saturated rings. The van der Waals surface area contributed by atoms with Gasteiger partial charge in [-0.3, -0.25) is 9.59 Å². The van der Waals surface area contributed by atoms with Crippen LogP contribution in [0.2, 0.25) is 0 Å². The van der Waals surface area contributed by atoms with E-state index in [-0.39, 0.29) is 23.4 Å². The Bertz CT molecular complexity index is 1190. The Morgan fingerprint density at radius 3 is 2.65 bits per heavy atom. The van der Waals surface area contributed by atoms with Crippen LogP contribution in [0.4, 0.5) is 4.39 Å². The number of amides is 1. The highest BCUT2D eigenvalue weighted by molar-refractivity contribution is 7.09. The summed E-state index contributed by atoms with van der Waals surface area (Å²) in [6, 6.07) is 14.0. The third-order valence-electron chi connectivity index (χ3n) is 5.22. The van der Waals surface area contributed by atoms with Crippen LogP contribution < -0.4 is 4.74 Å². The summed E-state index contributed by atoms with van der Waals surface area (Å²) in [5, 5.41) is 13.0. The Morgan fingerprint density at radius 1 is 1.16 bits per heavy atom. The number of aliphatic hydroxyl groups is 1. The van der Waals surface area contributed by atoms with Gasteiger partial charge in [0.15, 0.2) is 0 Å². The molecule has 0 bridgehead atoms. The molecule has 1 N–H and O–H groups in total. The summed E-state index contributed by atoms with van der Waals surface area (Å²) in [5.41, 5.74) is 1.57. The Kier molecular flexibility index (Phi) is 5.61. The average molecular weight is 437 g/mol. The normalized spacial score (nSPS) is 17.9. The number of halogens is 1. The number of carbonyl (C=O) groups excluding carboxylic acids is 2. The van der Waals surface area contributed by atoms with Crippen molar-refractivity contribution < 1.29 is 23.8 Å². The van der Waals surface area contributed by atoms with Crippen molar-refractivity contribution in [1.29, 1.82) is 0 Å². The van der Waals surface area contributed by atoms with Gasteiger partial charge < -0.3 is 14.7 Å². The lowest BCUT2D eigenvalue weighted by atomic mass is 9.94. The Balaban J connectivity index is 1.92. The molecule has 7 heteroatoms. The van der Waals surface area contributed by atoms with E-state index in [2.05, 4.69) is 0 Å². The largest absolute Gasteiger partial charge is 0.507 e. The fourth-order valence-electron chi connectivity index (χ4n) is 3.81. The van der Waals surface area contributed by atoms with Gasteiger partial charge >= 0.3 is 0 Å². The molecule has 3 aromatic rings. The van der Waals surface area contributed by atoms with E-state index in [9.17, 15) is 19.1 Å². The molecule has 1 unspecified atom stereocenters. The van der Waals surface area contributed by atoms with Gasteiger partial charge in [0.2, 0.25) is 0 Å². The van der Waals surface area contributed by atoms with E-state index in [1.807, 2.05) is 42.6 Å². The molecule has 2 aromatic carbocycles. The van der Waals surface area contributed by atoms with E-state index in [4.69, 9.17) is 4.74 Å². The first-order valence-electron chi connectivity index (χ1n) is 9.62. The van der Waals surface area contributed by atoms with E-state index in [1.54, 1.807) is 6.07 Å². The summed E-state index contributed by atoms with van der Waals surface area (Å²) in [6.45, 7) is 2.13. The second kappa shape index (κ2) is 8.35. The summed E-state index contributed by atoms with van der Waals surface area (Å²) < 4.78 is 19.2. The van der Waals surface area contributed by atoms with Crippen LogP contribution in [0.5, 0.6) is 5.75 Å². The van der Waals surface area contributed by atoms with Gasteiger partial charge in [-0.2, -0.15) is 0 Å². The van der Waals surface area contributed by atoms with E-state index in [0.29, 0.717) is 5.56 Å². The molecule has 5 nitrogen and oxygen atoms in total. The van der Waals surface area contributed by atoms with Crippen molar-refractivity contribution in [2.45, 2.75) is 19.5 Å². The van der Waals surface area contributed by atoms with Crippen LogP contribution in [0.25, 0.3) is 5.76 Å². The first kappa shape index (κ1) is 20.8. The third-order valence-corrected chi connectivity index (χ3v) is 6.08. The predicted molar refractivity (Wildman–Crippen MR) is 116 cm³/mol. The molecule has 4 rings (SSSR count). The number of thiophene rings is 1. The van der Waals surface area contributed by atoms with Gasteiger partial charge in [-0.15, -0.1) is 11.3 Å². The second-order valence-corrected chi connectivity index (χ2v) is 8.30. The van der Waals surface area contributed by atoms with Gasteiger partial charge in [0.1, 0.15) is 17.3 Å². The quantitative estimate of drug-likeness (QED) is 0.353. The summed E-state index contributed by atoms with van der Waals surface area (Å²) in [4.78, 5) is 28.4. The number of Topliss-reactive ketones (excluding diaryl/α,β-unsaturated/α-hetero) is 1. The first-order chi connectivity index (χ1) is 14.9. The highest BCUT2D eigenvalue weighted by Gasteiger charge is 2.46. The minimum absolute atomic E-state index is 0.0225. The standard InChI is InChI=1S/C24H20FNO4S/c1-14-5-3-6-15(11-14)21-20(22(27)18-12-16(25)8-9-19(18)30-2)23(28)24(29)26(21)13-17-7-4-10-31-17/h3-12,21,27H,13H2,1-2H3/b22-20+. The minimum Gasteiger partial charge on any atom is -0.507 e. The average Bonchev–Trinajstić information content (AvgIpc) is 3.35.